The van der Waals surface area contributed by atoms with E-state index in [1.54, 1.807) is 33.8 Å². The van der Waals surface area contributed by atoms with Crippen molar-refractivity contribution in [2.75, 3.05) is 13.1 Å². The molecule has 1 aliphatic heterocycles. The van der Waals surface area contributed by atoms with E-state index in [0.717, 1.165) is 35.1 Å². The topological polar surface area (TPSA) is 76.1 Å². The molecule has 3 heterocycles. The molecule has 2 aromatic carbocycles. The van der Waals surface area contributed by atoms with E-state index in [9.17, 15) is 8.42 Å². The van der Waals surface area contributed by atoms with Gasteiger partial charge in [0.25, 0.3) is 0 Å². The number of para-hydroxylation sites is 1. The number of rotatable bonds is 3. The highest BCUT2D eigenvalue weighted by molar-refractivity contribution is 7.89. The first-order valence-corrected chi connectivity index (χ1v) is 11.7. The van der Waals surface area contributed by atoms with Crippen molar-refractivity contribution in [1.82, 2.24) is 18.0 Å². The number of nitrogens with zero attached hydrogens (tertiary/aromatic N) is 4. The Hall–Kier alpha value is -1.94. The third kappa shape index (κ3) is 2.94. The van der Waals surface area contributed by atoms with Crippen molar-refractivity contribution < 1.29 is 8.42 Å². The van der Waals surface area contributed by atoms with Gasteiger partial charge in [0.05, 0.1) is 27.0 Å². The number of hydrogen-bond acceptors (Lipinski definition) is 7. The van der Waals surface area contributed by atoms with Crippen LogP contribution in [0.2, 0.25) is 0 Å². The van der Waals surface area contributed by atoms with Gasteiger partial charge in [-0.05, 0) is 37.1 Å². The molecule has 0 radical (unpaired) electrons. The zero-order valence-corrected chi connectivity index (χ0v) is 16.7. The number of sulfonamides is 1. The molecule has 0 N–H and O–H groups in total. The number of aromatic nitrogens is 3. The van der Waals surface area contributed by atoms with E-state index in [2.05, 4.69) is 14.8 Å². The van der Waals surface area contributed by atoms with E-state index < -0.39 is 10.0 Å². The van der Waals surface area contributed by atoms with Crippen molar-refractivity contribution >= 4 is 54.3 Å². The molecule has 1 aliphatic rings. The van der Waals surface area contributed by atoms with E-state index in [1.165, 1.54) is 4.70 Å². The molecule has 1 fully saturated rings. The van der Waals surface area contributed by atoms with Crippen molar-refractivity contribution in [3.05, 3.63) is 47.5 Å². The lowest BCUT2D eigenvalue weighted by Gasteiger charge is -2.30. The Bertz CT molecular complexity index is 1190. The monoisotopic (exact) mass is 416 g/mol. The van der Waals surface area contributed by atoms with Crippen molar-refractivity contribution in [1.29, 1.82) is 0 Å². The molecule has 0 amide bonds. The zero-order chi connectivity index (χ0) is 18.4. The van der Waals surface area contributed by atoms with Crippen LogP contribution in [0, 0.1) is 0 Å². The minimum Gasteiger partial charge on any atom is -0.241 e. The van der Waals surface area contributed by atoms with Crippen LogP contribution in [0.5, 0.6) is 0 Å². The molecule has 0 bridgehead atoms. The van der Waals surface area contributed by atoms with Gasteiger partial charge in [0.15, 0.2) is 0 Å². The molecule has 0 aliphatic carbocycles. The Kier molecular flexibility index (Phi) is 4.19. The van der Waals surface area contributed by atoms with Gasteiger partial charge in [-0.2, -0.15) is 13.1 Å². The zero-order valence-electron chi connectivity index (χ0n) is 14.3. The van der Waals surface area contributed by atoms with Crippen molar-refractivity contribution in [2.24, 2.45) is 0 Å². The summed E-state index contributed by atoms with van der Waals surface area (Å²) in [5.41, 5.74) is 2.12. The van der Waals surface area contributed by atoms with Gasteiger partial charge in [-0.25, -0.2) is 13.4 Å². The van der Waals surface area contributed by atoms with Crippen LogP contribution in [-0.2, 0) is 10.0 Å². The molecule has 138 valence electrons. The summed E-state index contributed by atoms with van der Waals surface area (Å²) in [6.07, 6.45) is 1.56. The van der Waals surface area contributed by atoms with Gasteiger partial charge in [0, 0.05) is 19.0 Å². The summed E-state index contributed by atoms with van der Waals surface area (Å²) in [6, 6.07) is 13.3. The predicted molar refractivity (Wildman–Crippen MR) is 108 cm³/mol. The van der Waals surface area contributed by atoms with Gasteiger partial charge in [-0.15, -0.1) is 11.3 Å². The SMILES string of the molecule is O=S(=O)(c1cccc2nsnc12)N1CCC(c2nc3ccccc3s2)CC1. The summed E-state index contributed by atoms with van der Waals surface area (Å²) in [5, 5.41) is 1.11. The quantitative estimate of drug-likeness (QED) is 0.507. The minimum atomic E-state index is -3.57. The third-order valence-corrected chi connectivity index (χ3v) is 8.65. The van der Waals surface area contributed by atoms with E-state index in [-0.39, 0.29) is 4.90 Å². The van der Waals surface area contributed by atoms with Crippen molar-refractivity contribution in [2.45, 2.75) is 23.7 Å². The number of piperidine rings is 1. The molecule has 0 spiro atoms. The Balaban J connectivity index is 1.39. The fraction of sp³-hybridized carbons (Fsp3) is 0.278. The molecule has 0 saturated carbocycles. The Labute approximate surface area is 164 Å². The Morgan fingerprint density at radius 3 is 2.56 bits per heavy atom. The molecule has 27 heavy (non-hydrogen) atoms. The van der Waals surface area contributed by atoms with E-state index in [1.807, 2.05) is 18.2 Å². The number of benzene rings is 2. The van der Waals surface area contributed by atoms with Crippen molar-refractivity contribution in [3.8, 4) is 0 Å². The molecule has 5 rings (SSSR count). The highest BCUT2D eigenvalue weighted by atomic mass is 32.2. The van der Waals surface area contributed by atoms with E-state index in [4.69, 9.17) is 4.98 Å². The number of thiazole rings is 1. The summed E-state index contributed by atoms with van der Waals surface area (Å²) in [5.74, 6) is 0.311. The molecule has 2 aromatic heterocycles. The second kappa shape index (κ2) is 6.59. The minimum absolute atomic E-state index is 0.257. The summed E-state index contributed by atoms with van der Waals surface area (Å²) in [6.45, 7) is 0.994. The van der Waals surface area contributed by atoms with Gasteiger partial charge in [-0.1, -0.05) is 18.2 Å². The first-order chi connectivity index (χ1) is 13.1. The summed E-state index contributed by atoms with van der Waals surface area (Å²) in [4.78, 5) is 5.01. The Morgan fingerprint density at radius 1 is 0.963 bits per heavy atom. The summed E-state index contributed by atoms with van der Waals surface area (Å²) < 4.78 is 37.4. The largest absolute Gasteiger partial charge is 0.245 e. The van der Waals surface area contributed by atoms with Gasteiger partial charge in [0.1, 0.15) is 15.9 Å². The number of hydrogen-bond donors (Lipinski definition) is 0. The first-order valence-electron chi connectivity index (χ1n) is 8.70. The van der Waals surface area contributed by atoms with Crippen LogP contribution in [0.4, 0.5) is 0 Å². The maximum absolute atomic E-state index is 13.1. The number of fused-ring (bicyclic) bond motifs is 2. The fourth-order valence-corrected chi connectivity index (χ4v) is 6.90. The summed E-state index contributed by atoms with van der Waals surface area (Å²) in [7, 11) is -3.57. The average molecular weight is 417 g/mol. The normalized spacial score (nSPS) is 17.0. The lowest BCUT2D eigenvalue weighted by Crippen LogP contribution is -2.38. The molecular formula is C18H16N4O2S3. The van der Waals surface area contributed by atoms with Crippen LogP contribution in [0.1, 0.15) is 23.8 Å². The molecule has 6 nitrogen and oxygen atoms in total. The van der Waals surface area contributed by atoms with Crippen LogP contribution in [0.3, 0.4) is 0 Å². The second-order valence-corrected chi connectivity index (χ2v) is 10.1. The van der Waals surface area contributed by atoms with Crippen LogP contribution in [-0.4, -0.2) is 39.5 Å². The molecule has 1 saturated heterocycles. The molecular weight excluding hydrogens is 400 g/mol. The highest BCUT2D eigenvalue weighted by Gasteiger charge is 2.32. The smallest absolute Gasteiger partial charge is 0.241 e. The standard InChI is InChI=1S/C18H16N4O2S3/c23-27(24,16-7-3-5-14-17(16)21-26-20-14)22-10-8-12(9-11-22)18-19-13-4-1-2-6-15(13)25-18/h1-7,12H,8-11H2. The molecule has 9 heteroatoms. The first kappa shape index (κ1) is 17.2. The van der Waals surface area contributed by atoms with Gasteiger partial charge in [-0.3, -0.25) is 0 Å². The van der Waals surface area contributed by atoms with E-state index in [0.29, 0.717) is 30.0 Å². The lowest BCUT2D eigenvalue weighted by atomic mass is 9.99. The van der Waals surface area contributed by atoms with Crippen molar-refractivity contribution in [3.63, 3.8) is 0 Å². The maximum atomic E-state index is 13.1. The highest BCUT2D eigenvalue weighted by Crippen LogP contribution is 2.35. The molecule has 4 aromatic rings. The van der Waals surface area contributed by atoms with Gasteiger partial charge >= 0.3 is 0 Å². The predicted octanol–water partition coefficient (Wildman–Crippen LogP) is 3.87. The van der Waals surface area contributed by atoms with Gasteiger partial charge in [0.2, 0.25) is 10.0 Å². The second-order valence-electron chi connectivity index (χ2n) is 6.59. The third-order valence-electron chi connectivity index (χ3n) is 4.98. The molecule has 0 unspecified atom stereocenters. The van der Waals surface area contributed by atoms with Crippen LogP contribution < -0.4 is 0 Å². The molecule has 0 atom stereocenters. The fourth-order valence-electron chi connectivity index (χ4n) is 3.54. The maximum Gasteiger partial charge on any atom is 0.245 e. The lowest BCUT2D eigenvalue weighted by molar-refractivity contribution is 0.319. The van der Waals surface area contributed by atoms with Gasteiger partial charge < -0.3 is 0 Å². The van der Waals surface area contributed by atoms with Crippen LogP contribution >= 0.6 is 23.1 Å². The van der Waals surface area contributed by atoms with Crippen LogP contribution in [0.25, 0.3) is 21.3 Å². The van der Waals surface area contributed by atoms with E-state index >= 15 is 0 Å². The summed E-state index contributed by atoms with van der Waals surface area (Å²) >= 11 is 2.76. The van der Waals surface area contributed by atoms with Crippen LogP contribution in [0.15, 0.2) is 47.4 Å². The average Bonchev–Trinajstić information content (AvgIpc) is 3.34. The Morgan fingerprint density at radius 2 is 1.74 bits per heavy atom.